The highest BCUT2D eigenvalue weighted by Crippen LogP contribution is 2.16. The molecular formula is C12H20N2. The third-order valence-corrected chi connectivity index (χ3v) is 2.35. The molecule has 1 rings (SSSR count). The van der Waals surface area contributed by atoms with Crippen molar-refractivity contribution in [2.24, 2.45) is 5.92 Å². The van der Waals surface area contributed by atoms with Gasteiger partial charge in [0.05, 0.1) is 0 Å². The number of hydrogen-bond acceptors (Lipinski definition) is 2. The van der Waals surface area contributed by atoms with Crippen LogP contribution in [0.15, 0.2) is 24.3 Å². The fourth-order valence-electron chi connectivity index (χ4n) is 1.34. The Balaban J connectivity index is 2.56. The lowest BCUT2D eigenvalue weighted by atomic mass is 10.1. The summed E-state index contributed by atoms with van der Waals surface area (Å²) in [4.78, 5) is 2.25. The van der Waals surface area contributed by atoms with Gasteiger partial charge < -0.3 is 10.6 Å². The average molecular weight is 192 g/mol. The molecule has 0 saturated heterocycles. The maximum absolute atomic E-state index is 5.73. The summed E-state index contributed by atoms with van der Waals surface area (Å²) >= 11 is 0. The van der Waals surface area contributed by atoms with Crippen LogP contribution in [0.25, 0.3) is 0 Å². The highest BCUT2D eigenvalue weighted by atomic mass is 15.1. The highest BCUT2D eigenvalue weighted by molar-refractivity contribution is 5.55. The molecule has 0 aliphatic carbocycles. The number of nitrogens with zero attached hydrogens (tertiary/aromatic N) is 1. The summed E-state index contributed by atoms with van der Waals surface area (Å²) in [5, 5.41) is 0. The normalized spacial score (nSPS) is 10.6. The van der Waals surface area contributed by atoms with E-state index < -0.39 is 0 Å². The van der Waals surface area contributed by atoms with Crippen LogP contribution in [-0.2, 0) is 0 Å². The molecule has 2 nitrogen and oxygen atoms in total. The smallest absolute Gasteiger partial charge is 0.0384 e. The van der Waals surface area contributed by atoms with Gasteiger partial charge >= 0.3 is 0 Å². The summed E-state index contributed by atoms with van der Waals surface area (Å²) in [7, 11) is 2.11. The van der Waals surface area contributed by atoms with Gasteiger partial charge in [0, 0.05) is 25.0 Å². The van der Waals surface area contributed by atoms with E-state index in [0.29, 0.717) is 0 Å². The Morgan fingerprint density at radius 2 is 2.07 bits per heavy atom. The van der Waals surface area contributed by atoms with E-state index >= 15 is 0 Å². The predicted octanol–water partition coefficient (Wildman–Crippen LogP) is 2.75. The SMILES string of the molecule is CC(C)CCN(C)c1cccc(N)c1. The van der Waals surface area contributed by atoms with E-state index in [-0.39, 0.29) is 0 Å². The second kappa shape index (κ2) is 4.89. The Bertz CT molecular complexity index is 281. The van der Waals surface area contributed by atoms with Gasteiger partial charge in [-0.2, -0.15) is 0 Å². The molecule has 0 bridgehead atoms. The van der Waals surface area contributed by atoms with Crippen molar-refractivity contribution >= 4 is 11.4 Å². The Kier molecular flexibility index (Phi) is 3.81. The molecule has 0 saturated carbocycles. The van der Waals surface area contributed by atoms with Crippen LogP contribution in [0.5, 0.6) is 0 Å². The summed E-state index contributed by atoms with van der Waals surface area (Å²) in [6.45, 7) is 5.57. The van der Waals surface area contributed by atoms with Gasteiger partial charge in [-0.3, -0.25) is 0 Å². The maximum atomic E-state index is 5.73. The van der Waals surface area contributed by atoms with Gasteiger partial charge in [-0.15, -0.1) is 0 Å². The first-order valence-corrected chi connectivity index (χ1v) is 5.16. The minimum Gasteiger partial charge on any atom is -0.399 e. The molecule has 0 unspecified atom stereocenters. The lowest BCUT2D eigenvalue weighted by Crippen LogP contribution is -2.19. The predicted molar refractivity (Wildman–Crippen MR) is 63.6 cm³/mol. The molecule has 0 atom stereocenters. The Labute approximate surface area is 86.7 Å². The van der Waals surface area contributed by atoms with Crippen LogP contribution in [0, 0.1) is 5.92 Å². The second-order valence-corrected chi connectivity index (χ2v) is 4.20. The van der Waals surface area contributed by atoms with Crippen LogP contribution in [0.1, 0.15) is 20.3 Å². The molecule has 2 N–H and O–H groups in total. The van der Waals surface area contributed by atoms with Crippen LogP contribution in [0.2, 0.25) is 0 Å². The summed E-state index contributed by atoms with van der Waals surface area (Å²) in [6, 6.07) is 8.02. The van der Waals surface area contributed by atoms with Crippen molar-refractivity contribution in [3.63, 3.8) is 0 Å². The summed E-state index contributed by atoms with van der Waals surface area (Å²) in [6.07, 6.45) is 1.21. The first-order chi connectivity index (χ1) is 6.59. The van der Waals surface area contributed by atoms with Gasteiger partial charge in [0.2, 0.25) is 0 Å². The van der Waals surface area contributed by atoms with E-state index in [2.05, 4.69) is 31.9 Å². The molecule has 1 aromatic rings. The average Bonchev–Trinajstić information content (AvgIpc) is 2.14. The highest BCUT2D eigenvalue weighted by Gasteiger charge is 2.01. The summed E-state index contributed by atoms with van der Waals surface area (Å²) < 4.78 is 0. The van der Waals surface area contributed by atoms with Crippen LogP contribution in [-0.4, -0.2) is 13.6 Å². The third-order valence-electron chi connectivity index (χ3n) is 2.35. The van der Waals surface area contributed by atoms with Crippen molar-refractivity contribution < 1.29 is 0 Å². The molecule has 0 aliphatic rings. The van der Waals surface area contributed by atoms with Gasteiger partial charge in [-0.25, -0.2) is 0 Å². The van der Waals surface area contributed by atoms with E-state index in [4.69, 9.17) is 5.73 Å². The zero-order valence-electron chi connectivity index (χ0n) is 9.33. The van der Waals surface area contributed by atoms with Crippen molar-refractivity contribution in [2.75, 3.05) is 24.2 Å². The van der Waals surface area contributed by atoms with Crippen molar-refractivity contribution in [3.8, 4) is 0 Å². The zero-order valence-corrected chi connectivity index (χ0v) is 9.33. The number of anilines is 2. The van der Waals surface area contributed by atoms with E-state index in [1.807, 2.05) is 18.2 Å². The number of benzene rings is 1. The number of rotatable bonds is 4. The molecule has 1 aromatic carbocycles. The molecule has 0 amide bonds. The van der Waals surface area contributed by atoms with Gasteiger partial charge in [0.15, 0.2) is 0 Å². The summed E-state index contributed by atoms with van der Waals surface area (Å²) in [5.74, 6) is 0.749. The molecule has 14 heavy (non-hydrogen) atoms. The van der Waals surface area contributed by atoms with Gasteiger partial charge in [-0.05, 0) is 30.5 Å². The lowest BCUT2D eigenvalue weighted by molar-refractivity contribution is 0.585. The topological polar surface area (TPSA) is 29.3 Å². The van der Waals surface area contributed by atoms with Gasteiger partial charge in [-0.1, -0.05) is 19.9 Å². The first-order valence-electron chi connectivity index (χ1n) is 5.16. The van der Waals surface area contributed by atoms with Crippen LogP contribution in [0.3, 0.4) is 0 Å². The molecule has 78 valence electrons. The monoisotopic (exact) mass is 192 g/mol. The molecule has 2 heteroatoms. The van der Waals surface area contributed by atoms with Gasteiger partial charge in [0.25, 0.3) is 0 Å². The largest absolute Gasteiger partial charge is 0.399 e. The maximum Gasteiger partial charge on any atom is 0.0384 e. The third kappa shape index (κ3) is 3.29. The van der Waals surface area contributed by atoms with Crippen molar-refractivity contribution in [2.45, 2.75) is 20.3 Å². The van der Waals surface area contributed by atoms with Crippen LogP contribution >= 0.6 is 0 Å². The zero-order chi connectivity index (χ0) is 10.6. The van der Waals surface area contributed by atoms with Crippen molar-refractivity contribution in [1.82, 2.24) is 0 Å². The van der Waals surface area contributed by atoms with Crippen molar-refractivity contribution in [1.29, 1.82) is 0 Å². The minimum atomic E-state index is 0.749. The second-order valence-electron chi connectivity index (χ2n) is 4.20. The Morgan fingerprint density at radius 1 is 1.36 bits per heavy atom. The van der Waals surface area contributed by atoms with Crippen LogP contribution in [0.4, 0.5) is 11.4 Å². The van der Waals surface area contributed by atoms with E-state index in [9.17, 15) is 0 Å². The quantitative estimate of drug-likeness (QED) is 0.743. The lowest BCUT2D eigenvalue weighted by Gasteiger charge is -2.20. The molecule has 0 heterocycles. The molecule has 0 fully saturated rings. The minimum absolute atomic E-state index is 0.749. The fourth-order valence-corrected chi connectivity index (χ4v) is 1.34. The van der Waals surface area contributed by atoms with E-state index in [0.717, 1.165) is 18.2 Å². The molecular weight excluding hydrogens is 172 g/mol. The van der Waals surface area contributed by atoms with Gasteiger partial charge in [0.1, 0.15) is 0 Å². The Hall–Kier alpha value is -1.18. The van der Waals surface area contributed by atoms with Crippen molar-refractivity contribution in [3.05, 3.63) is 24.3 Å². The molecule has 0 aromatic heterocycles. The van der Waals surface area contributed by atoms with E-state index in [1.54, 1.807) is 0 Å². The Morgan fingerprint density at radius 3 is 2.64 bits per heavy atom. The number of nitrogens with two attached hydrogens (primary N) is 1. The first kappa shape index (κ1) is 10.9. The summed E-state index contributed by atoms with van der Waals surface area (Å²) in [5.41, 5.74) is 7.76. The fraction of sp³-hybridized carbons (Fsp3) is 0.500. The molecule has 0 spiro atoms. The number of nitrogen functional groups attached to an aromatic ring is 1. The number of hydrogen-bond donors (Lipinski definition) is 1. The molecule has 0 aliphatic heterocycles. The van der Waals surface area contributed by atoms with Crippen LogP contribution < -0.4 is 10.6 Å². The molecule has 0 radical (unpaired) electrons. The standard InChI is InChI=1S/C12H20N2/c1-10(2)7-8-14(3)12-6-4-5-11(13)9-12/h4-6,9-10H,7-8,13H2,1-3H3. The van der Waals surface area contributed by atoms with E-state index in [1.165, 1.54) is 12.1 Å².